The molecule has 0 aromatic heterocycles. The minimum absolute atomic E-state index is 0.0130. The number of likely N-dealkylation sites (tertiary alicyclic amines) is 1. The van der Waals surface area contributed by atoms with Crippen molar-refractivity contribution in [1.29, 1.82) is 0 Å². The van der Waals surface area contributed by atoms with Gasteiger partial charge >= 0.3 is 0 Å². The van der Waals surface area contributed by atoms with Crippen LogP contribution in [0.25, 0.3) is 0 Å². The van der Waals surface area contributed by atoms with E-state index in [0.29, 0.717) is 6.04 Å². The summed E-state index contributed by atoms with van der Waals surface area (Å²) < 4.78 is 0. The monoisotopic (exact) mass is 241 g/mol. The largest absolute Gasteiger partial charge is 0.358 e. The Morgan fingerprint density at radius 3 is 2.35 bits per heavy atom. The highest BCUT2D eigenvalue weighted by Crippen LogP contribution is 2.18. The number of carbonyl (C=O) groups is 1. The second kappa shape index (κ2) is 6.97. The van der Waals surface area contributed by atoms with Crippen LogP contribution in [0, 0.1) is 5.92 Å². The van der Waals surface area contributed by atoms with Gasteiger partial charge in [-0.2, -0.15) is 0 Å². The van der Waals surface area contributed by atoms with Crippen molar-refractivity contribution < 1.29 is 4.79 Å². The average molecular weight is 241 g/mol. The van der Waals surface area contributed by atoms with E-state index >= 15 is 0 Å². The summed E-state index contributed by atoms with van der Waals surface area (Å²) in [5, 5.41) is 6.22. The lowest BCUT2D eigenvalue weighted by Gasteiger charge is -2.35. The number of likely N-dealkylation sites (N-methyl/N-ethyl adjacent to an activating group) is 1. The molecule has 1 saturated heterocycles. The van der Waals surface area contributed by atoms with Gasteiger partial charge in [0, 0.05) is 13.1 Å². The molecule has 17 heavy (non-hydrogen) atoms. The average Bonchev–Trinajstić information content (AvgIpc) is 2.35. The van der Waals surface area contributed by atoms with E-state index in [0.717, 1.165) is 25.6 Å². The van der Waals surface area contributed by atoms with Gasteiger partial charge < -0.3 is 10.6 Å². The number of amides is 1. The molecule has 4 heteroatoms. The third kappa shape index (κ3) is 4.64. The fourth-order valence-corrected chi connectivity index (χ4v) is 2.32. The fraction of sp³-hybridized carbons (Fsp3) is 0.923. The summed E-state index contributed by atoms with van der Waals surface area (Å²) in [6, 6.07) is 0.580. The van der Waals surface area contributed by atoms with Crippen molar-refractivity contribution in [1.82, 2.24) is 15.5 Å². The number of hydrogen-bond donors (Lipinski definition) is 2. The van der Waals surface area contributed by atoms with Gasteiger partial charge in [0.25, 0.3) is 0 Å². The molecule has 0 aromatic rings. The SMILES string of the molecule is CNC(=O)C(C)N1CCC(CNC(C)C)CC1. The van der Waals surface area contributed by atoms with Crippen LogP contribution in [0.5, 0.6) is 0 Å². The molecule has 1 rings (SSSR count). The Bertz CT molecular complexity index is 235. The zero-order valence-corrected chi connectivity index (χ0v) is 11.6. The molecule has 1 aliphatic heterocycles. The number of carbonyl (C=O) groups excluding carboxylic acids is 1. The zero-order valence-electron chi connectivity index (χ0n) is 11.6. The maximum atomic E-state index is 11.5. The standard InChI is InChI=1S/C13H27N3O/c1-10(2)15-9-12-5-7-16(8-6-12)11(3)13(17)14-4/h10-12,15H,5-9H2,1-4H3,(H,14,17). The Balaban J connectivity index is 2.28. The van der Waals surface area contributed by atoms with Crippen molar-refractivity contribution in [2.75, 3.05) is 26.7 Å². The predicted octanol–water partition coefficient (Wildman–Crippen LogP) is 0.831. The number of hydrogen-bond acceptors (Lipinski definition) is 3. The lowest BCUT2D eigenvalue weighted by atomic mass is 9.95. The van der Waals surface area contributed by atoms with Gasteiger partial charge in [0.15, 0.2) is 0 Å². The molecule has 100 valence electrons. The number of piperidine rings is 1. The first kappa shape index (κ1) is 14.5. The van der Waals surface area contributed by atoms with E-state index in [2.05, 4.69) is 29.4 Å². The molecular weight excluding hydrogens is 214 g/mol. The van der Waals surface area contributed by atoms with Crippen LogP contribution >= 0.6 is 0 Å². The van der Waals surface area contributed by atoms with E-state index in [1.165, 1.54) is 12.8 Å². The molecule has 1 unspecified atom stereocenters. The molecule has 0 aliphatic carbocycles. The van der Waals surface area contributed by atoms with Gasteiger partial charge in [-0.05, 0) is 45.3 Å². The maximum absolute atomic E-state index is 11.5. The summed E-state index contributed by atoms with van der Waals surface area (Å²) in [6.45, 7) is 9.55. The molecule has 1 aliphatic rings. The van der Waals surface area contributed by atoms with Crippen LogP contribution < -0.4 is 10.6 Å². The van der Waals surface area contributed by atoms with Crippen molar-refractivity contribution in [3.05, 3.63) is 0 Å². The van der Waals surface area contributed by atoms with E-state index in [-0.39, 0.29) is 11.9 Å². The first-order valence-corrected chi connectivity index (χ1v) is 6.73. The molecule has 0 saturated carbocycles. The Kier molecular flexibility index (Phi) is 5.92. The zero-order chi connectivity index (χ0) is 12.8. The Morgan fingerprint density at radius 1 is 1.29 bits per heavy atom. The molecule has 0 aromatic carbocycles. The van der Waals surface area contributed by atoms with Gasteiger partial charge in [0.1, 0.15) is 0 Å². The smallest absolute Gasteiger partial charge is 0.236 e. The van der Waals surface area contributed by atoms with E-state index in [1.54, 1.807) is 7.05 Å². The predicted molar refractivity (Wildman–Crippen MR) is 71.0 cm³/mol. The first-order valence-electron chi connectivity index (χ1n) is 6.73. The first-order chi connectivity index (χ1) is 8.04. The third-order valence-corrected chi connectivity index (χ3v) is 3.64. The summed E-state index contributed by atoms with van der Waals surface area (Å²) in [5.41, 5.74) is 0. The van der Waals surface area contributed by atoms with Gasteiger partial charge in [0.05, 0.1) is 6.04 Å². The van der Waals surface area contributed by atoms with E-state index in [4.69, 9.17) is 0 Å². The summed E-state index contributed by atoms with van der Waals surface area (Å²) in [6.07, 6.45) is 2.39. The van der Waals surface area contributed by atoms with Crippen molar-refractivity contribution in [3.8, 4) is 0 Å². The molecule has 1 atom stereocenters. The van der Waals surface area contributed by atoms with Gasteiger partial charge in [0.2, 0.25) is 5.91 Å². The topological polar surface area (TPSA) is 44.4 Å². The lowest BCUT2D eigenvalue weighted by molar-refractivity contribution is -0.125. The molecule has 4 nitrogen and oxygen atoms in total. The summed E-state index contributed by atoms with van der Waals surface area (Å²) in [7, 11) is 1.71. The minimum Gasteiger partial charge on any atom is -0.358 e. The van der Waals surface area contributed by atoms with Crippen molar-refractivity contribution in [2.24, 2.45) is 5.92 Å². The van der Waals surface area contributed by atoms with Crippen LogP contribution in [0.3, 0.4) is 0 Å². The minimum atomic E-state index is 0.0130. The molecule has 1 fully saturated rings. The second-order valence-electron chi connectivity index (χ2n) is 5.33. The summed E-state index contributed by atoms with van der Waals surface area (Å²) >= 11 is 0. The molecule has 2 N–H and O–H groups in total. The van der Waals surface area contributed by atoms with Crippen LogP contribution in [0.1, 0.15) is 33.6 Å². The molecule has 0 bridgehead atoms. The van der Waals surface area contributed by atoms with E-state index in [9.17, 15) is 4.79 Å². The summed E-state index contributed by atoms with van der Waals surface area (Å²) in [4.78, 5) is 13.8. The number of nitrogens with one attached hydrogen (secondary N) is 2. The number of rotatable bonds is 5. The summed E-state index contributed by atoms with van der Waals surface area (Å²) in [5.74, 6) is 0.897. The van der Waals surface area contributed by atoms with Gasteiger partial charge in [-0.15, -0.1) is 0 Å². The fourth-order valence-electron chi connectivity index (χ4n) is 2.32. The van der Waals surface area contributed by atoms with E-state index < -0.39 is 0 Å². The van der Waals surface area contributed by atoms with Crippen LogP contribution in [0.15, 0.2) is 0 Å². The highest BCUT2D eigenvalue weighted by molar-refractivity contribution is 5.80. The molecule has 0 radical (unpaired) electrons. The molecule has 0 spiro atoms. The third-order valence-electron chi connectivity index (χ3n) is 3.64. The Hall–Kier alpha value is -0.610. The lowest BCUT2D eigenvalue weighted by Crippen LogP contribution is -2.48. The van der Waals surface area contributed by atoms with Crippen molar-refractivity contribution in [3.63, 3.8) is 0 Å². The van der Waals surface area contributed by atoms with Crippen LogP contribution in [0.2, 0.25) is 0 Å². The highest BCUT2D eigenvalue weighted by Gasteiger charge is 2.25. The van der Waals surface area contributed by atoms with Gasteiger partial charge in [-0.3, -0.25) is 9.69 Å². The Labute approximate surface area is 105 Å². The highest BCUT2D eigenvalue weighted by atomic mass is 16.2. The maximum Gasteiger partial charge on any atom is 0.236 e. The van der Waals surface area contributed by atoms with Gasteiger partial charge in [-0.1, -0.05) is 13.8 Å². The van der Waals surface area contributed by atoms with Crippen molar-refractivity contribution in [2.45, 2.75) is 45.7 Å². The number of nitrogens with zero attached hydrogens (tertiary/aromatic N) is 1. The van der Waals surface area contributed by atoms with Crippen molar-refractivity contribution >= 4 is 5.91 Å². The van der Waals surface area contributed by atoms with Crippen LogP contribution in [0.4, 0.5) is 0 Å². The quantitative estimate of drug-likeness (QED) is 0.749. The van der Waals surface area contributed by atoms with E-state index in [1.807, 2.05) is 6.92 Å². The van der Waals surface area contributed by atoms with Gasteiger partial charge in [-0.25, -0.2) is 0 Å². The molecular formula is C13H27N3O. The molecule has 1 amide bonds. The normalized spacial score (nSPS) is 20.5. The van der Waals surface area contributed by atoms with Crippen LogP contribution in [-0.4, -0.2) is 49.6 Å². The second-order valence-corrected chi connectivity index (χ2v) is 5.33. The molecule has 1 heterocycles. The van der Waals surface area contributed by atoms with Crippen LogP contribution in [-0.2, 0) is 4.79 Å². The Morgan fingerprint density at radius 2 is 1.88 bits per heavy atom.